The molecule has 0 radical (unpaired) electrons. The van der Waals surface area contributed by atoms with Gasteiger partial charge < -0.3 is 4.90 Å². The second kappa shape index (κ2) is 6.48. The monoisotopic (exact) mass is 337 g/mol. The molecule has 0 aliphatic heterocycles. The maximum atomic E-state index is 4.45. The van der Waals surface area contributed by atoms with Crippen molar-refractivity contribution >= 4 is 54.1 Å². The lowest BCUT2D eigenvalue weighted by molar-refractivity contribution is 1.000. The van der Waals surface area contributed by atoms with E-state index in [2.05, 4.69) is 21.4 Å². The maximum Gasteiger partial charge on any atom is 0.217 e. The van der Waals surface area contributed by atoms with Crippen LogP contribution in [0, 0.1) is 0 Å². The summed E-state index contributed by atoms with van der Waals surface area (Å²) < 4.78 is 0. The molecule has 2 rings (SSSR count). The molecule has 0 atom stereocenters. The van der Waals surface area contributed by atoms with E-state index >= 15 is 0 Å². The molecule has 0 spiro atoms. The summed E-state index contributed by atoms with van der Waals surface area (Å²) in [7, 11) is 7.28. The van der Waals surface area contributed by atoms with E-state index in [1.54, 1.807) is 32.0 Å². The minimum atomic E-state index is 0. The first-order chi connectivity index (χ1) is 7.25. The van der Waals surface area contributed by atoms with Crippen molar-refractivity contribution in [1.82, 2.24) is 4.98 Å². The summed E-state index contributed by atoms with van der Waals surface area (Å²) in [5.74, 6) is 0. The van der Waals surface area contributed by atoms with E-state index < -0.39 is 0 Å². The molecule has 88 valence electrons. The molecule has 0 bridgehead atoms. The fourth-order valence-corrected chi connectivity index (χ4v) is 3.60. The molecule has 2 heterocycles. The quantitative estimate of drug-likeness (QED) is 0.805. The second-order valence-electron chi connectivity index (χ2n) is 3.13. The van der Waals surface area contributed by atoms with Gasteiger partial charge in [0.1, 0.15) is 0 Å². The van der Waals surface area contributed by atoms with Gasteiger partial charge in [-0.05, 0) is 32.1 Å². The van der Waals surface area contributed by atoms with E-state index in [0.29, 0.717) is 0 Å². The van der Waals surface area contributed by atoms with E-state index in [0.717, 1.165) is 16.5 Å². The topological polar surface area (TPSA) is 28.5 Å². The number of thiophene rings is 1. The van der Waals surface area contributed by atoms with E-state index in [-0.39, 0.29) is 17.0 Å². The van der Waals surface area contributed by atoms with Gasteiger partial charge in [0.25, 0.3) is 0 Å². The Bertz CT molecular complexity index is 472. The summed E-state index contributed by atoms with van der Waals surface area (Å²) in [5.41, 5.74) is 0. The summed E-state index contributed by atoms with van der Waals surface area (Å²) in [5, 5.41) is 3.09. The number of hydrogen-bond donors (Lipinski definition) is 0. The SMILES string of the molecule is Br.CN(C)c1nc(=NCc2cccs2)ss1. The molecule has 0 amide bonds. The number of halogens is 1. The zero-order valence-corrected chi connectivity index (χ0v) is 13.1. The molecule has 0 saturated heterocycles. The van der Waals surface area contributed by atoms with Gasteiger partial charge in [0.15, 0.2) is 5.13 Å². The Morgan fingerprint density at radius 3 is 2.75 bits per heavy atom. The Labute approximate surface area is 116 Å². The zero-order valence-electron chi connectivity index (χ0n) is 8.91. The maximum absolute atomic E-state index is 4.45. The summed E-state index contributed by atoms with van der Waals surface area (Å²) in [4.78, 5) is 13.0. The van der Waals surface area contributed by atoms with Crippen LogP contribution in [-0.4, -0.2) is 19.1 Å². The third-order valence-corrected chi connectivity index (χ3v) is 4.78. The van der Waals surface area contributed by atoms with Crippen molar-refractivity contribution in [2.24, 2.45) is 4.99 Å². The molecule has 2 aromatic heterocycles. The Morgan fingerprint density at radius 1 is 1.38 bits per heavy atom. The van der Waals surface area contributed by atoms with E-state index in [4.69, 9.17) is 0 Å². The molecular formula is C9H12BrN3S3. The van der Waals surface area contributed by atoms with Crippen LogP contribution < -0.4 is 9.70 Å². The molecule has 16 heavy (non-hydrogen) atoms. The lowest BCUT2D eigenvalue weighted by Gasteiger charge is -2.03. The standard InChI is InChI=1S/C9H11N3S3.BrH/c1-12(2)9-11-8(14-15-9)10-6-7-4-3-5-13-7;/h3-5H,6H2,1-2H3;1H. The average Bonchev–Trinajstić information content (AvgIpc) is 2.86. The first-order valence-corrected chi connectivity index (χ1v) is 7.46. The minimum Gasteiger partial charge on any atom is -0.353 e. The highest BCUT2D eigenvalue weighted by molar-refractivity contribution is 8.93. The predicted octanol–water partition coefficient (Wildman–Crippen LogP) is 3.01. The largest absolute Gasteiger partial charge is 0.353 e. The van der Waals surface area contributed by atoms with Crippen LogP contribution in [0.1, 0.15) is 4.88 Å². The van der Waals surface area contributed by atoms with E-state index in [1.807, 2.05) is 25.1 Å². The van der Waals surface area contributed by atoms with Gasteiger partial charge >= 0.3 is 0 Å². The van der Waals surface area contributed by atoms with Crippen molar-refractivity contribution in [2.75, 3.05) is 19.0 Å². The van der Waals surface area contributed by atoms with Gasteiger partial charge in [0.05, 0.1) is 6.54 Å². The van der Waals surface area contributed by atoms with Crippen LogP contribution in [0.5, 0.6) is 0 Å². The van der Waals surface area contributed by atoms with Gasteiger partial charge in [0.2, 0.25) is 4.80 Å². The van der Waals surface area contributed by atoms with Crippen molar-refractivity contribution in [3.05, 3.63) is 27.2 Å². The normalized spacial score (nSPS) is 11.2. The first-order valence-electron chi connectivity index (χ1n) is 4.43. The van der Waals surface area contributed by atoms with E-state index in [9.17, 15) is 0 Å². The highest BCUT2D eigenvalue weighted by Gasteiger charge is 1.99. The number of nitrogens with zero attached hydrogens (tertiary/aromatic N) is 3. The molecule has 3 nitrogen and oxygen atoms in total. The van der Waals surface area contributed by atoms with Gasteiger partial charge in [-0.25, -0.2) is 0 Å². The second-order valence-corrected chi connectivity index (χ2v) is 6.23. The molecule has 0 saturated carbocycles. The highest BCUT2D eigenvalue weighted by atomic mass is 79.9. The van der Waals surface area contributed by atoms with Gasteiger partial charge in [-0.1, -0.05) is 6.07 Å². The average molecular weight is 338 g/mol. The van der Waals surface area contributed by atoms with Crippen molar-refractivity contribution in [1.29, 1.82) is 0 Å². The molecule has 0 fully saturated rings. The molecule has 0 aliphatic carbocycles. The van der Waals surface area contributed by atoms with Crippen LogP contribution in [0.2, 0.25) is 0 Å². The van der Waals surface area contributed by atoms with Crippen molar-refractivity contribution in [3.8, 4) is 0 Å². The fourth-order valence-electron chi connectivity index (χ4n) is 0.978. The van der Waals surface area contributed by atoms with Crippen LogP contribution in [0.3, 0.4) is 0 Å². The first kappa shape index (κ1) is 13.8. The Balaban J connectivity index is 0.00000128. The third kappa shape index (κ3) is 3.65. The fraction of sp³-hybridized carbons (Fsp3) is 0.333. The van der Waals surface area contributed by atoms with Crippen LogP contribution in [0.4, 0.5) is 5.13 Å². The zero-order chi connectivity index (χ0) is 10.7. The number of hydrogen-bond acceptors (Lipinski definition) is 6. The van der Waals surface area contributed by atoms with Crippen LogP contribution in [0.15, 0.2) is 22.5 Å². The summed E-state index contributed by atoms with van der Waals surface area (Å²) >= 11 is 1.73. The Hall–Kier alpha value is -0.240. The molecule has 0 aliphatic rings. The summed E-state index contributed by atoms with van der Waals surface area (Å²) in [6, 6.07) is 4.14. The predicted molar refractivity (Wildman–Crippen MR) is 78.2 cm³/mol. The Kier molecular flexibility index (Phi) is 5.60. The molecular weight excluding hydrogens is 326 g/mol. The molecule has 0 N–H and O–H groups in total. The summed E-state index contributed by atoms with van der Waals surface area (Å²) in [6.45, 7) is 0.741. The minimum absolute atomic E-state index is 0. The Morgan fingerprint density at radius 2 is 2.19 bits per heavy atom. The lowest BCUT2D eigenvalue weighted by Crippen LogP contribution is -2.10. The van der Waals surface area contributed by atoms with Gasteiger partial charge in [0, 0.05) is 19.0 Å². The van der Waals surface area contributed by atoms with Gasteiger partial charge in [-0.15, -0.1) is 28.3 Å². The third-order valence-electron chi connectivity index (χ3n) is 1.71. The smallest absolute Gasteiger partial charge is 0.217 e. The van der Waals surface area contributed by atoms with Crippen molar-refractivity contribution in [3.63, 3.8) is 0 Å². The van der Waals surface area contributed by atoms with Crippen LogP contribution in [-0.2, 0) is 6.54 Å². The van der Waals surface area contributed by atoms with Crippen molar-refractivity contribution in [2.45, 2.75) is 6.54 Å². The molecule has 0 unspecified atom stereocenters. The molecule has 2 aromatic rings. The van der Waals surface area contributed by atoms with Crippen LogP contribution >= 0.6 is 49.0 Å². The lowest BCUT2D eigenvalue weighted by atomic mass is 10.5. The van der Waals surface area contributed by atoms with Crippen LogP contribution in [0.25, 0.3) is 0 Å². The molecule has 7 heteroatoms. The van der Waals surface area contributed by atoms with Crippen molar-refractivity contribution < 1.29 is 0 Å². The van der Waals surface area contributed by atoms with E-state index in [1.165, 1.54) is 4.88 Å². The van der Waals surface area contributed by atoms with Gasteiger partial charge in [-0.3, -0.25) is 4.99 Å². The number of rotatable bonds is 3. The molecule has 0 aromatic carbocycles. The number of anilines is 1. The number of aromatic nitrogens is 1. The highest BCUT2D eigenvalue weighted by Crippen LogP contribution is 2.15. The van der Waals surface area contributed by atoms with Gasteiger partial charge in [-0.2, -0.15) is 4.98 Å². The summed E-state index contributed by atoms with van der Waals surface area (Å²) in [6.07, 6.45) is 0.